The number of thioether (sulfide) groups is 1. The Balaban J connectivity index is 2.26. The molecule has 0 aliphatic heterocycles. The van der Waals surface area contributed by atoms with Crippen molar-refractivity contribution in [3.8, 4) is 0 Å². The zero-order valence-electron chi connectivity index (χ0n) is 10.1. The van der Waals surface area contributed by atoms with Crippen molar-refractivity contribution in [1.29, 1.82) is 0 Å². The van der Waals surface area contributed by atoms with Crippen LogP contribution in [0.2, 0.25) is 0 Å². The smallest absolute Gasteiger partial charge is 0.0558 e. The van der Waals surface area contributed by atoms with Gasteiger partial charge in [0.15, 0.2) is 0 Å². The van der Waals surface area contributed by atoms with Crippen molar-refractivity contribution in [2.45, 2.75) is 18.7 Å². The van der Waals surface area contributed by atoms with E-state index in [9.17, 15) is 0 Å². The molecule has 16 heavy (non-hydrogen) atoms. The molecule has 1 rings (SSSR count). The molecule has 0 aliphatic carbocycles. The van der Waals surface area contributed by atoms with Crippen molar-refractivity contribution >= 4 is 11.8 Å². The molecule has 0 radical (unpaired) electrons. The zero-order valence-corrected chi connectivity index (χ0v) is 11.0. The first-order chi connectivity index (χ1) is 7.76. The van der Waals surface area contributed by atoms with Gasteiger partial charge in [0.1, 0.15) is 0 Å². The van der Waals surface area contributed by atoms with E-state index in [1.807, 2.05) is 11.8 Å². The molecule has 0 saturated carbocycles. The third-order valence-electron chi connectivity index (χ3n) is 2.56. The van der Waals surface area contributed by atoms with Crippen molar-refractivity contribution in [3.63, 3.8) is 0 Å². The number of aliphatic hydroxyl groups is 1. The molecular formula is C13H21NOS. The first-order valence-electron chi connectivity index (χ1n) is 5.79. The van der Waals surface area contributed by atoms with Crippen molar-refractivity contribution in [3.05, 3.63) is 29.8 Å². The average molecular weight is 239 g/mol. The Hall–Kier alpha value is -0.510. The molecule has 90 valence electrons. The summed E-state index contributed by atoms with van der Waals surface area (Å²) in [7, 11) is 0. The summed E-state index contributed by atoms with van der Waals surface area (Å²) in [5, 5.41) is 8.87. The summed E-state index contributed by atoms with van der Waals surface area (Å²) in [5.74, 6) is 1.08. The maximum absolute atomic E-state index is 8.87. The predicted octanol–water partition coefficient (Wildman–Crippen LogP) is 2.40. The summed E-state index contributed by atoms with van der Waals surface area (Å²) in [6.07, 6.45) is 0. The van der Waals surface area contributed by atoms with Crippen LogP contribution >= 0.6 is 11.8 Å². The van der Waals surface area contributed by atoms with E-state index < -0.39 is 0 Å². The number of rotatable bonds is 7. The van der Waals surface area contributed by atoms with E-state index in [0.29, 0.717) is 0 Å². The lowest BCUT2D eigenvalue weighted by Gasteiger charge is -2.18. The summed E-state index contributed by atoms with van der Waals surface area (Å²) in [5.41, 5.74) is 1.31. The van der Waals surface area contributed by atoms with Gasteiger partial charge in [0, 0.05) is 23.7 Å². The van der Waals surface area contributed by atoms with E-state index in [1.165, 1.54) is 10.5 Å². The molecule has 0 spiro atoms. The number of hydrogen-bond acceptors (Lipinski definition) is 3. The topological polar surface area (TPSA) is 23.5 Å². The van der Waals surface area contributed by atoms with Crippen LogP contribution in [0.25, 0.3) is 0 Å². The molecule has 1 aromatic carbocycles. The Morgan fingerprint density at radius 3 is 2.44 bits per heavy atom. The van der Waals surface area contributed by atoms with Gasteiger partial charge in [0.25, 0.3) is 0 Å². The van der Waals surface area contributed by atoms with Gasteiger partial charge in [0.2, 0.25) is 0 Å². The van der Waals surface area contributed by atoms with Gasteiger partial charge in [-0.3, -0.25) is 0 Å². The monoisotopic (exact) mass is 239 g/mol. The highest BCUT2D eigenvalue weighted by atomic mass is 32.2. The van der Waals surface area contributed by atoms with Crippen molar-refractivity contribution in [2.75, 3.05) is 32.0 Å². The van der Waals surface area contributed by atoms with Crippen molar-refractivity contribution < 1.29 is 5.11 Å². The van der Waals surface area contributed by atoms with Gasteiger partial charge in [-0.25, -0.2) is 0 Å². The van der Waals surface area contributed by atoms with Gasteiger partial charge in [-0.1, -0.05) is 24.6 Å². The molecule has 0 aliphatic rings. The van der Waals surface area contributed by atoms with E-state index in [0.717, 1.165) is 25.4 Å². The molecule has 0 saturated heterocycles. The molecule has 0 aromatic heterocycles. The Labute approximate surface area is 103 Å². The summed E-state index contributed by atoms with van der Waals surface area (Å²) in [4.78, 5) is 3.59. The fourth-order valence-electron chi connectivity index (χ4n) is 1.50. The van der Waals surface area contributed by atoms with Crippen LogP contribution in [0.3, 0.4) is 0 Å². The Bertz CT molecular complexity index is 286. The molecule has 1 aromatic rings. The van der Waals surface area contributed by atoms with Crippen LogP contribution in [0.1, 0.15) is 12.5 Å². The summed E-state index contributed by atoms with van der Waals surface area (Å²) < 4.78 is 0. The quantitative estimate of drug-likeness (QED) is 0.739. The second-order valence-electron chi connectivity index (χ2n) is 3.82. The Kier molecular flexibility index (Phi) is 6.53. The van der Waals surface area contributed by atoms with E-state index in [4.69, 9.17) is 5.11 Å². The average Bonchev–Trinajstić information content (AvgIpc) is 2.30. The summed E-state index contributed by atoms with van der Waals surface area (Å²) >= 11 is 1.88. The lowest BCUT2D eigenvalue weighted by molar-refractivity contribution is 0.209. The molecule has 3 heteroatoms. The van der Waals surface area contributed by atoms with Crippen LogP contribution in [0.5, 0.6) is 0 Å². The van der Waals surface area contributed by atoms with Crippen LogP contribution in [0, 0.1) is 6.92 Å². The van der Waals surface area contributed by atoms with E-state index in [1.54, 1.807) is 0 Å². The highest BCUT2D eigenvalue weighted by Crippen LogP contribution is 2.18. The highest BCUT2D eigenvalue weighted by Gasteiger charge is 2.01. The molecule has 0 heterocycles. The number of aliphatic hydroxyl groups excluding tert-OH is 1. The molecule has 0 atom stereocenters. The Morgan fingerprint density at radius 1 is 1.19 bits per heavy atom. The first kappa shape index (κ1) is 13.6. The number of likely N-dealkylation sites (N-methyl/N-ethyl adjacent to an activating group) is 1. The Morgan fingerprint density at radius 2 is 1.88 bits per heavy atom. The highest BCUT2D eigenvalue weighted by molar-refractivity contribution is 7.99. The maximum Gasteiger partial charge on any atom is 0.0558 e. The maximum atomic E-state index is 8.87. The normalized spacial score (nSPS) is 11.0. The van der Waals surface area contributed by atoms with Crippen LogP contribution < -0.4 is 0 Å². The van der Waals surface area contributed by atoms with Crippen molar-refractivity contribution in [1.82, 2.24) is 4.90 Å². The van der Waals surface area contributed by atoms with Gasteiger partial charge in [-0.15, -0.1) is 11.8 Å². The first-order valence-corrected chi connectivity index (χ1v) is 6.77. The fraction of sp³-hybridized carbons (Fsp3) is 0.538. The van der Waals surface area contributed by atoms with Crippen molar-refractivity contribution in [2.24, 2.45) is 0 Å². The van der Waals surface area contributed by atoms with Crippen LogP contribution in [-0.4, -0.2) is 42.0 Å². The van der Waals surface area contributed by atoms with Gasteiger partial charge in [-0.2, -0.15) is 0 Å². The third kappa shape index (κ3) is 5.01. The SMILES string of the molecule is CCN(CCO)CCSc1ccc(C)cc1. The summed E-state index contributed by atoms with van der Waals surface area (Å²) in [6.45, 7) is 7.32. The minimum atomic E-state index is 0.253. The van der Waals surface area contributed by atoms with Gasteiger partial charge < -0.3 is 10.0 Å². The van der Waals surface area contributed by atoms with E-state index in [2.05, 4.69) is 43.0 Å². The second-order valence-corrected chi connectivity index (χ2v) is 4.99. The molecule has 0 bridgehead atoms. The van der Waals surface area contributed by atoms with E-state index in [-0.39, 0.29) is 6.61 Å². The fourth-order valence-corrected chi connectivity index (χ4v) is 2.41. The molecule has 2 nitrogen and oxygen atoms in total. The lowest BCUT2D eigenvalue weighted by atomic mass is 10.2. The predicted molar refractivity (Wildman–Crippen MR) is 71.1 cm³/mol. The lowest BCUT2D eigenvalue weighted by Crippen LogP contribution is -2.28. The molecule has 1 N–H and O–H groups in total. The largest absolute Gasteiger partial charge is 0.395 e. The third-order valence-corrected chi connectivity index (χ3v) is 3.55. The van der Waals surface area contributed by atoms with Crippen LogP contribution in [0.15, 0.2) is 29.2 Å². The minimum Gasteiger partial charge on any atom is -0.395 e. The molecule has 0 amide bonds. The van der Waals surface area contributed by atoms with Gasteiger partial charge in [0.05, 0.1) is 6.61 Å². The zero-order chi connectivity index (χ0) is 11.8. The van der Waals surface area contributed by atoms with E-state index >= 15 is 0 Å². The van der Waals surface area contributed by atoms with Gasteiger partial charge >= 0.3 is 0 Å². The number of aryl methyl sites for hydroxylation is 1. The standard InChI is InChI=1S/C13H21NOS/c1-3-14(8-10-15)9-11-16-13-6-4-12(2)5-7-13/h4-7,15H,3,8-11H2,1-2H3. The molecular weight excluding hydrogens is 218 g/mol. The summed E-state index contributed by atoms with van der Waals surface area (Å²) in [6, 6.07) is 8.63. The second kappa shape index (κ2) is 7.71. The van der Waals surface area contributed by atoms with Crippen LogP contribution in [-0.2, 0) is 0 Å². The minimum absolute atomic E-state index is 0.253. The molecule has 0 fully saturated rings. The number of benzene rings is 1. The number of hydrogen-bond donors (Lipinski definition) is 1. The number of nitrogens with zero attached hydrogens (tertiary/aromatic N) is 1. The molecule has 0 unspecified atom stereocenters. The van der Waals surface area contributed by atoms with Crippen LogP contribution in [0.4, 0.5) is 0 Å². The van der Waals surface area contributed by atoms with Gasteiger partial charge in [-0.05, 0) is 25.6 Å².